The van der Waals surface area contributed by atoms with Gasteiger partial charge in [0.2, 0.25) is 0 Å². The van der Waals surface area contributed by atoms with Gasteiger partial charge < -0.3 is 19.2 Å². The number of aryl methyl sites for hydroxylation is 3. The average Bonchev–Trinajstić information content (AvgIpc) is 3.17. The van der Waals surface area contributed by atoms with E-state index in [1.165, 1.54) is 22.3 Å². The highest BCUT2D eigenvalue weighted by molar-refractivity contribution is 5.91. The molecule has 0 radical (unpaired) electrons. The Hall–Kier alpha value is -3.21. The van der Waals surface area contributed by atoms with E-state index in [4.69, 9.17) is 13.9 Å². The molecule has 0 aliphatic heterocycles. The molecule has 3 rings (SSSR count). The Kier molecular flexibility index (Phi) is 6.27. The largest absolute Gasteiger partial charge is 0.493 e. The predicted octanol–water partition coefficient (Wildman–Crippen LogP) is 4.74. The maximum absolute atomic E-state index is 12.5. The Morgan fingerprint density at radius 1 is 1.00 bits per heavy atom. The first kappa shape index (κ1) is 20.5. The minimum Gasteiger partial charge on any atom is -0.493 e. The Balaban J connectivity index is 1.69. The molecule has 0 aliphatic carbocycles. The van der Waals surface area contributed by atoms with Gasteiger partial charge in [-0.2, -0.15) is 0 Å². The Bertz CT molecular complexity index is 996. The van der Waals surface area contributed by atoms with Gasteiger partial charge in [0.1, 0.15) is 5.76 Å². The van der Waals surface area contributed by atoms with Crippen molar-refractivity contribution in [1.29, 1.82) is 0 Å². The van der Waals surface area contributed by atoms with Crippen LogP contribution in [0.1, 0.15) is 44.1 Å². The van der Waals surface area contributed by atoms with E-state index in [2.05, 4.69) is 38.2 Å². The molecule has 5 nitrogen and oxygen atoms in total. The van der Waals surface area contributed by atoms with E-state index in [-0.39, 0.29) is 5.91 Å². The molecule has 1 amide bonds. The summed E-state index contributed by atoms with van der Waals surface area (Å²) in [5, 5.41) is 2.88. The van der Waals surface area contributed by atoms with Gasteiger partial charge in [-0.05, 0) is 55.7 Å². The average molecular weight is 393 g/mol. The number of para-hydroxylation sites is 1. The molecule has 1 heterocycles. The number of benzene rings is 2. The molecule has 0 aliphatic rings. The number of hydrogen-bond donors (Lipinski definition) is 1. The molecule has 1 aromatic heterocycles. The summed E-state index contributed by atoms with van der Waals surface area (Å²) >= 11 is 0. The van der Waals surface area contributed by atoms with Gasteiger partial charge in [-0.1, -0.05) is 29.8 Å². The molecule has 0 saturated carbocycles. The van der Waals surface area contributed by atoms with E-state index in [1.54, 1.807) is 20.3 Å². The fourth-order valence-electron chi connectivity index (χ4n) is 3.61. The van der Waals surface area contributed by atoms with Crippen LogP contribution in [0.2, 0.25) is 0 Å². The van der Waals surface area contributed by atoms with Crippen LogP contribution in [-0.4, -0.2) is 20.1 Å². The Labute approximate surface area is 171 Å². The lowest BCUT2D eigenvalue weighted by molar-refractivity contribution is 0.0921. The number of carbonyl (C=O) groups is 1. The Morgan fingerprint density at radius 3 is 2.38 bits per heavy atom. The van der Waals surface area contributed by atoms with E-state index >= 15 is 0 Å². The van der Waals surface area contributed by atoms with Gasteiger partial charge in [-0.25, -0.2) is 0 Å². The summed E-state index contributed by atoms with van der Waals surface area (Å²) in [4.78, 5) is 12.5. The predicted molar refractivity (Wildman–Crippen MR) is 113 cm³/mol. The highest BCUT2D eigenvalue weighted by atomic mass is 16.5. The van der Waals surface area contributed by atoms with Gasteiger partial charge in [-0.15, -0.1) is 0 Å². The smallest absolute Gasteiger partial charge is 0.287 e. The maximum Gasteiger partial charge on any atom is 0.287 e. The van der Waals surface area contributed by atoms with Gasteiger partial charge in [0.25, 0.3) is 5.91 Å². The summed E-state index contributed by atoms with van der Waals surface area (Å²) in [6.45, 7) is 6.61. The van der Waals surface area contributed by atoms with Gasteiger partial charge >= 0.3 is 0 Å². The molecular formula is C24H27NO4. The van der Waals surface area contributed by atoms with Crippen LogP contribution in [-0.2, 0) is 13.0 Å². The summed E-state index contributed by atoms with van der Waals surface area (Å²) in [6.07, 6.45) is 0.662. The molecule has 2 aromatic carbocycles. The van der Waals surface area contributed by atoms with Crippen molar-refractivity contribution >= 4 is 5.91 Å². The normalized spacial score (nSPS) is 10.7. The molecule has 0 fully saturated rings. The molecule has 0 spiro atoms. The second kappa shape index (κ2) is 8.86. The van der Waals surface area contributed by atoms with Crippen LogP contribution in [0.25, 0.3) is 0 Å². The van der Waals surface area contributed by atoms with Gasteiger partial charge in [-0.3, -0.25) is 4.79 Å². The van der Waals surface area contributed by atoms with Gasteiger partial charge in [0.05, 0.1) is 14.2 Å². The zero-order chi connectivity index (χ0) is 21.0. The maximum atomic E-state index is 12.5. The number of furan rings is 1. The standard InChI is InChI=1S/C24H27NO4/c1-15-11-16(2)20(17(3)12-15)13-19-9-10-22(29-19)24(26)25-14-18-7-6-8-21(27-4)23(18)28-5/h6-12H,13-14H2,1-5H3,(H,25,26). The van der Waals surface area contributed by atoms with E-state index in [0.717, 1.165) is 11.3 Å². The molecule has 0 atom stereocenters. The zero-order valence-corrected chi connectivity index (χ0v) is 17.6. The van der Waals surface area contributed by atoms with Crippen molar-refractivity contribution in [2.24, 2.45) is 0 Å². The van der Waals surface area contributed by atoms with Crippen LogP contribution in [0, 0.1) is 20.8 Å². The van der Waals surface area contributed by atoms with Crippen molar-refractivity contribution in [1.82, 2.24) is 5.32 Å². The molecule has 29 heavy (non-hydrogen) atoms. The van der Waals surface area contributed by atoms with Crippen molar-refractivity contribution in [3.05, 3.63) is 81.8 Å². The number of ether oxygens (including phenoxy) is 2. The van der Waals surface area contributed by atoms with E-state index in [9.17, 15) is 4.79 Å². The number of amides is 1. The third-order valence-electron chi connectivity index (χ3n) is 5.00. The summed E-state index contributed by atoms with van der Waals surface area (Å²) in [6, 6.07) is 13.5. The second-order valence-electron chi connectivity index (χ2n) is 7.16. The topological polar surface area (TPSA) is 60.7 Å². The molecule has 5 heteroatoms. The van der Waals surface area contributed by atoms with Crippen LogP contribution in [0.3, 0.4) is 0 Å². The fourth-order valence-corrected chi connectivity index (χ4v) is 3.61. The van der Waals surface area contributed by atoms with Crippen LogP contribution in [0.5, 0.6) is 11.5 Å². The van der Waals surface area contributed by atoms with Crippen molar-refractivity contribution < 1.29 is 18.7 Å². The SMILES string of the molecule is COc1cccc(CNC(=O)c2ccc(Cc3c(C)cc(C)cc3C)o2)c1OC. The molecule has 0 saturated heterocycles. The van der Waals surface area contributed by atoms with E-state index in [0.29, 0.717) is 30.2 Å². The molecule has 0 bridgehead atoms. The van der Waals surface area contributed by atoms with Crippen LogP contribution in [0.4, 0.5) is 0 Å². The van der Waals surface area contributed by atoms with E-state index < -0.39 is 0 Å². The molecular weight excluding hydrogens is 366 g/mol. The second-order valence-corrected chi connectivity index (χ2v) is 7.16. The number of rotatable bonds is 7. The molecule has 1 N–H and O–H groups in total. The summed E-state index contributed by atoms with van der Waals surface area (Å²) in [5.41, 5.74) is 5.78. The van der Waals surface area contributed by atoms with Crippen LogP contribution >= 0.6 is 0 Å². The van der Waals surface area contributed by atoms with Crippen molar-refractivity contribution in [2.45, 2.75) is 33.7 Å². The van der Waals surface area contributed by atoms with Crippen molar-refractivity contribution in [3.8, 4) is 11.5 Å². The first-order valence-corrected chi connectivity index (χ1v) is 9.56. The Morgan fingerprint density at radius 2 is 1.72 bits per heavy atom. The van der Waals surface area contributed by atoms with Crippen molar-refractivity contribution in [2.75, 3.05) is 14.2 Å². The highest BCUT2D eigenvalue weighted by Gasteiger charge is 2.15. The van der Waals surface area contributed by atoms with E-state index in [1.807, 2.05) is 24.3 Å². The molecule has 3 aromatic rings. The summed E-state index contributed by atoms with van der Waals surface area (Å²) < 4.78 is 16.5. The monoisotopic (exact) mass is 393 g/mol. The lowest BCUT2D eigenvalue weighted by Crippen LogP contribution is -2.22. The van der Waals surface area contributed by atoms with Crippen LogP contribution < -0.4 is 14.8 Å². The fraction of sp³-hybridized carbons (Fsp3) is 0.292. The minimum absolute atomic E-state index is 0.265. The van der Waals surface area contributed by atoms with Crippen LogP contribution in [0.15, 0.2) is 46.9 Å². The van der Waals surface area contributed by atoms with Gasteiger partial charge in [0, 0.05) is 18.5 Å². The third-order valence-corrected chi connectivity index (χ3v) is 5.00. The number of carbonyl (C=O) groups excluding carboxylic acids is 1. The first-order chi connectivity index (χ1) is 13.9. The quantitative estimate of drug-likeness (QED) is 0.630. The zero-order valence-electron chi connectivity index (χ0n) is 17.6. The molecule has 152 valence electrons. The number of methoxy groups -OCH3 is 2. The lowest BCUT2D eigenvalue weighted by Gasteiger charge is -2.12. The first-order valence-electron chi connectivity index (χ1n) is 9.56. The molecule has 0 unspecified atom stereocenters. The summed E-state index contributed by atoms with van der Waals surface area (Å²) in [5.74, 6) is 2.04. The van der Waals surface area contributed by atoms with Crippen molar-refractivity contribution in [3.63, 3.8) is 0 Å². The summed E-state index contributed by atoms with van der Waals surface area (Å²) in [7, 11) is 3.17. The number of nitrogens with one attached hydrogen (secondary N) is 1. The minimum atomic E-state index is -0.265. The number of hydrogen-bond acceptors (Lipinski definition) is 4. The third kappa shape index (κ3) is 4.62. The lowest BCUT2D eigenvalue weighted by atomic mass is 9.97. The highest BCUT2D eigenvalue weighted by Crippen LogP contribution is 2.30. The van der Waals surface area contributed by atoms with Gasteiger partial charge in [0.15, 0.2) is 17.3 Å².